The number of fused-ring (bicyclic) bond motifs is 2. The number of pyridine rings is 1. The molecule has 162 valence electrons. The third-order valence-electron chi connectivity index (χ3n) is 6.16. The first kappa shape index (κ1) is 19.0. The summed E-state index contributed by atoms with van der Waals surface area (Å²) in [6.07, 6.45) is 9.00. The summed E-state index contributed by atoms with van der Waals surface area (Å²) in [5.74, 6) is -0.460. The molecule has 0 radical (unpaired) electrons. The number of rotatable bonds is 4. The lowest BCUT2D eigenvalue weighted by molar-refractivity contribution is 0.0662. The van der Waals surface area contributed by atoms with Crippen molar-refractivity contribution in [2.45, 2.75) is 25.4 Å². The van der Waals surface area contributed by atoms with Crippen molar-refractivity contribution in [3.05, 3.63) is 66.0 Å². The van der Waals surface area contributed by atoms with E-state index in [0.717, 1.165) is 54.3 Å². The summed E-state index contributed by atoms with van der Waals surface area (Å²) in [4.78, 5) is 17.0. The van der Waals surface area contributed by atoms with Crippen molar-refractivity contribution in [1.29, 1.82) is 0 Å². The van der Waals surface area contributed by atoms with Gasteiger partial charge in [0.2, 0.25) is 0 Å². The van der Waals surface area contributed by atoms with Crippen molar-refractivity contribution < 1.29 is 13.9 Å². The molecule has 4 aromatic rings. The lowest BCUT2D eigenvalue weighted by atomic mass is 9.99. The average Bonchev–Trinajstić information content (AvgIpc) is 3.54. The first-order valence-electron chi connectivity index (χ1n) is 10.6. The van der Waals surface area contributed by atoms with Crippen LogP contribution in [-0.4, -0.2) is 38.3 Å². The molecule has 0 spiro atoms. The molecular formula is C23H21FN6O2. The molecule has 2 aliphatic heterocycles. The molecule has 32 heavy (non-hydrogen) atoms. The van der Waals surface area contributed by atoms with Crippen LogP contribution in [0.4, 0.5) is 15.8 Å². The van der Waals surface area contributed by atoms with Gasteiger partial charge in [-0.15, -0.1) is 0 Å². The minimum Gasteiger partial charge on any atom is -0.381 e. The van der Waals surface area contributed by atoms with Crippen molar-refractivity contribution >= 4 is 22.9 Å². The number of aromatic nitrogens is 4. The van der Waals surface area contributed by atoms with Crippen LogP contribution in [0.2, 0.25) is 0 Å². The highest BCUT2D eigenvalue weighted by Crippen LogP contribution is 2.35. The number of carbonyl (C=O) groups excluding carboxylic acids is 1. The van der Waals surface area contributed by atoms with Crippen LogP contribution in [0, 0.1) is 5.82 Å². The Bertz CT molecular complexity index is 1340. The summed E-state index contributed by atoms with van der Waals surface area (Å²) in [7, 11) is 0. The normalized spacial score (nSPS) is 16.3. The Labute approximate surface area is 183 Å². The van der Waals surface area contributed by atoms with Gasteiger partial charge in [-0.25, -0.2) is 9.37 Å². The fraction of sp³-hybridized carbons (Fsp3) is 0.261. The number of halogens is 1. The van der Waals surface area contributed by atoms with Gasteiger partial charge in [0, 0.05) is 43.8 Å². The number of nitrogens with one attached hydrogen (secondary N) is 2. The van der Waals surface area contributed by atoms with Crippen LogP contribution in [0.25, 0.3) is 16.9 Å². The molecular weight excluding hydrogens is 411 g/mol. The molecule has 2 N–H and O–H groups in total. The molecule has 0 saturated carbocycles. The SMILES string of the molecule is O=C1NCc2c(-c3cnc4cc(F)ccn34)ccc(Nc3cnn(C4CCOCC4)c3)c21. The predicted octanol–water partition coefficient (Wildman–Crippen LogP) is 3.68. The van der Waals surface area contributed by atoms with Crippen LogP contribution in [0.3, 0.4) is 0 Å². The van der Waals surface area contributed by atoms with Gasteiger partial charge in [-0.2, -0.15) is 5.10 Å². The molecule has 1 amide bonds. The van der Waals surface area contributed by atoms with E-state index < -0.39 is 0 Å². The number of imidazole rings is 1. The van der Waals surface area contributed by atoms with Gasteiger partial charge < -0.3 is 15.4 Å². The Morgan fingerprint density at radius 2 is 2.06 bits per heavy atom. The van der Waals surface area contributed by atoms with Crippen LogP contribution in [0.15, 0.2) is 49.1 Å². The Morgan fingerprint density at radius 3 is 2.94 bits per heavy atom. The van der Waals surface area contributed by atoms with E-state index in [4.69, 9.17) is 4.74 Å². The average molecular weight is 432 g/mol. The van der Waals surface area contributed by atoms with Gasteiger partial charge in [0.25, 0.3) is 5.91 Å². The van der Waals surface area contributed by atoms with Crippen molar-refractivity contribution in [1.82, 2.24) is 24.5 Å². The second kappa shape index (κ2) is 7.45. The molecule has 0 unspecified atom stereocenters. The van der Waals surface area contributed by atoms with Crippen molar-refractivity contribution in [3.63, 3.8) is 0 Å². The summed E-state index contributed by atoms with van der Waals surface area (Å²) < 4.78 is 22.8. The molecule has 0 atom stereocenters. The van der Waals surface area contributed by atoms with Gasteiger partial charge in [-0.1, -0.05) is 6.07 Å². The zero-order valence-electron chi connectivity index (χ0n) is 17.2. The highest BCUT2D eigenvalue weighted by Gasteiger charge is 2.27. The first-order chi connectivity index (χ1) is 15.7. The molecule has 2 aliphatic rings. The quantitative estimate of drug-likeness (QED) is 0.514. The van der Waals surface area contributed by atoms with Gasteiger partial charge in [0.05, 0.1) is 41.1 Å². The molecule has 0 aliphatic carbocycles. The molecule has 3 aromatic heterocycles. The third kappa shape index (κ3) is 3.13. The van der Waals surface area contributed by atoms with Crippen LogP contribution in [0.1, 0.15) is 34.8 Å². The van der Waals surface area contributed by atoms with Gasteiger partial charge in [0.1, 0.15) is 11.5 Å². The Balaban J connectivity index is 1.36. The van der Waals surface area contributed by atoms with E-state index in [1.54, 1.807) is 18.6 Å². The maximum absolute atomic E-state index is 13.6. The number of carbonyl (C=O) groups is 1. The standard InChI is InChI=1S/C23H21FN6O2/c24-14-3-6-29-20(12-25-21(29)9-14)17-1-2-19(22-18(17)11-26-23(22)31)28-15-10-27-30(13-15)16-4-7-32-8-5-16/h1-3,6,9-10,12-13,16,28H,4-5,7-8,11H2,(H,26,31). The maximum Gasteiger partial charge on any atom is 0.254 e. The Hall–Kier alpha value is -3.72. The van der Waals surface area contributed by atoms with Gasteiger partial charge in [-0.3, -0.25) is 13.9 Å². The topological polar surface area (TPSA) is 85.5 Å². The van der Waals surface area contributed by atoms with Crippen molar-refractivity contribution in [2.75, 3.05) is 18.5 Å². The van der Waals surface area contributed by atoms with E-state index in [-0.39, 0.29) is 11.7 Å². The van der Waals surface area contributed by atoms with Gasteiger partial charge >= 0.3 is 0 Å². The molecule has 5 heterocycles. The van der Waals surface area contributed by atoms with Gasteiger partial charge in [0.15, 0.2) is 0 Å². The molecule has 8 nitrogen and oxygen atoms in total. The highest BCUT2D eigenvalue weighted by atomic mass is 19.1. The Morgan fingerprint density at radius 1 is 1.19 bits per heavy atom. The summed E-state index contributed by atoms with van der Waals surface area (Å²) in [5.41, 5.74) is 5.28. The lowest BCUT2D eigenvalue weighted by Gasteiger charge is -2.22. The second-order valence-electron chi connectivity index (χ2n) is 8.09. The van der Waals surface area contributed by atoms with E-state index in [2.05, 4.69) is 20.7 Å². The van der Waals surface area contributed by atoms with E-state index in [9.17, 15) is 9.18 Å². The van der Waals surface area contributed by atoms with Crippen molar-refractivity contribution in [2.24, 2.45) is 0 Å². The molecule has 1 saturated heterocycles. The minimum atomic E-state index is -0.336. The number of anilines is 2. The number of nitrogens with zero attached hydrogens (tertiary/aromatic N) is 4. The molecule has 0 bridgehead atoms. The molecule has 1 fully saturated rings. The molecule has 6 rings (SSSR count). The molecule has 9 heteroatoms. The zero-order chi connectivity index (χ0) is 21.7. The lowest BCUT2D eigenvalue weighted by Crippen LogP contribution is -2.19. The number of hydrogen-bond acceptors (Lipinski definition) is 5. The first-order valence-corrected chi connectivity index (χ1v) is 10.6. The summed E-state index contributed by atoms with van der Waals surface area (Å²) in [6, 6.07) is 6.98. The number of hydrogen-bond donors (Lipinski definition) is 2. The Kier molecular flexibility index (Phi) is 4.43. The zero-order valence-corrected chi connectivity index (χ0v) is 17.2. The monoisotopic (exact) mass is 432 g/mol. The largest absolute Gasteiger partial charge is 0.381 e. The van der Waals surface area contributed by atoms with E-state index in [1.165, 1.54) is 12.1 Å². The fourth-order valence-electron chi connectivity index (χ4n) is 4.55. The predicted molar refractivity (Wildman–Crippen MR) is 116 cm³/mol. The number of benzene rings is 1. The van der Waals surface area contributed by atoms with E-state index in [0.29, 0.717) is 23.8 Å². The summed E-state index contributed by atoms with van der Waals surface area (Å²) in [5, 5.41) is 10.8. The van der Waals surface area contributed by atoms with E-state index in [1.807, 2.05) is 27.4 Å². The van der Waals surface area contributed by atoms with Crippen LogP contribution in [0.5, 0.6) is 0 Å². The minimum absolute atomic E-state index is 0.124. The smallest absolute Gasteiger partial charge is 0.254 e. The van der Waals surface area contributed by atoms with Crippen LogP contribution < -0.4 is 10.6 Å². The van der Waals surface area contributed by atoms with Crippen molar-refractivity contribution in [3.8, 4) is 11.3 Å². The molecule has 1 aromatic carbocycles. The number of ether oxygens (including phenoxy) is 1. The van der Waals surface area contributed by atoms with Crippen LogP contribution in [-0.2, 0) is 11.3 Å². The highest BCUT2D eigenvalue weighted by molar-refractivity contribution is 6.06. The van der Waals surface area contributed by atoms with Gasteiger partial charge in [-0.05, 0) is 30.5 Å². The number of amides is 1. The van der Waals surface area contributed by atoms with Crippen LogP contribution >= 0.6 is 0 Å². The fourth-order valence-corrected chi connectivity index (χ4v) is 4.55. The third-order valence-corrected chi connectivity index (χ3v) is 6.16. The summed E-state index contributed by atoms with van der Waals surface area (Å²) >= 11 is 0. The summed E-state index contributed by atoms with van der Waals surface area (Å²) in [6.45, 7) is 1.92. The van der Waals surface area contributed by atoms with E-state index >= 15 is 0 Å². The maximum atomic E-state index is 13.6. The second-order valence-corrected chi connectivity index (χ2v) is 8.09.